The van der Waals surface area contributed by atoms with Crippen LogP contribution in [0.25, 0.3) is 0 Å². The molecule has 5 nitrogen and oxygen atoms in total. The normalized spacial score (nSPS) is 22.7. The van der Waals surface area contributed by atoms with Crippen molar-refractivity contribution in [2.45, 2.75) is 31.7 Å². The van der Waals surface area contributed by atoms with E-state index in [4.69, 9.17) is 4.74 Å². The summed E-state index contributed by atoms with van der Waals surface area (Å²) >= 11 is 0. The predicted octanol–water partition coefficient (Wildman–Crippen LogP) is 1.64. The molecule has 3 unspecified atom stereocenters. The van der Waals surface area contributed by atoms with Crippen LogP contribution in [0.1, 0.15) is 21.5 Å². The summed E-state index contributed by atoms with van der Waals surface area (Å²) in [5.74, 6) is -0.160. The van der Waals surface area contributed by atoms with Crippen LogP contribution in [0.15, 0.2) is 54.6 Å². The topological polar surface area (TPSA) is 70.6 Å². The highest BCUT2D eigenvalue weighted by Crippen LogP contribution is 2.15. The van der Waals surface area contributed by atoms with Crippen LogP contribution in [0.4, 0.5) is 0 Å². The summed E-state index contributed by atoms with van der Waals surface area (Å²) in [5, 5.41) is 16.6. The summed E-state index contributed by atoms with van der Waals surface area (Å²) < 4.78 is 5.64. The summed E-state index contributed by atoms with van der Waals surface area (Å²) in [6.45, 7) is 3.45. The molecule has 1 heterocycles. The molecule has 1 aliphatic rings. The van der Waals surface area contributed by atoms with Gasteiger partial charge < -0.3 is 20.5 Å². The maximum absolute atomic E-state index is 12.1. The average Bonchev–Trinajstić information content (AvgIpc) is 3.00. The maximum atomic E-state index is 12.1. The first-order valence-corrected chi connectivity index (χ1v) is 8.55. The molecule has 0 spiro atoms. The lowest BCUT2D eigenvalue weighted by atomic mass is 10.1. The Morgan fingerprint density at radius 1 is 1.16 bits per heavy atom. The lowest BCUT2D eigenvalue weighted by Gasteiger charge is -2.19. The number of nitrogens with one attached hydrogen (secondary N) is 2. The number of hydrogen-bond acceptors (Lipinski definition) is 4. The van der Waals surface area contributed by atoms with Crippen molar-refractivity contribution in [3.63, 3.8) is 0 Å². The second-order valence-electron chi connectivity index (χ2n) is 6.41. The number of benzene rings is 2. The fraction of sp³-hybridized carbons (Fsp3) is 0.350. The highest BCUT2D eigenvalue weighted by atomic mass is 16.5. The summed E-state index contributed by atoms with van der Waals surface area (Å²) in [6, 6.07) is 17.2. The maximum Gasteiger partial charge on any atom is 0.251 e. The van der Waals surface area contributed by atoms with Crippen molar-refractivity contribution in [3.05, 3.63) is 71.3 Å². The van der Waals surface area contributed by atoms with Gasteiger partial charge in [-0.2, -0.15) is 0 Å². The first-order chi connectivity index (χ1) is 12.1. The second-order valence-corrected chi connectivity index (χ2v) is 6.41. The van der Waals surface area contributed by atoms with E-state index in [9.17, 15) is 9.90 Å². The van der Waals surface area contributed by atoms with Gasteiger partial charge in [-0.25, -0.2) is 0 Å². The minimum absolute atomic E-state index is 0.139. The van der Waals surface area contributed by atoms with Crippen LogP contribution in [0.3, 0.4) is 0 Å². The highest BCUT2D eigenvalue weighted by Gasteiger charge is 2.35. The number of carbonyl (C=O) groups is 1. The second kappa shape index (κ2) is 8.25. The van der Waals surface area contributed by atoms with Crippen molar-refractivity contribution >= 4 is 5.91 Å². The molecule has 3 atom stereocenters. The summed E-state index contributed by atoms with van der Waals surface area (Å²) in [7, 11) is 0. The first kappa shape index (κ1) is 17.6. The lowest BCUT2D eigenvalue weighted by molar-refractivity contribution is 0.0398. The zero-order valence-corrected chi connectivity index (χ0v) is 14.3. The van der Waals surface area contributed by atoms with Crippen LogP contribution in [0.2, 0.25) is 0 Å². The number of hydrogen-bond donors (Lipinski definition) is 3. The van der Waals surface area contributed by atoms with E-state index in [2.05, 4.69) is 41.8 Å². The van der Waals surface area contributed by atoms with Gasteiger partial charge in [0.2, 0.25) is 0 Å². The molecule has 2 aromatic rings. The lowest BCUT2D eigenvalue weighted by Crippen LogP contribution is -2.44. The summed E-state index contributed by atoms with van der Waals surface area (Å²) in [4.78, 5) is 12.1. The van der Waals surface area contributed by atoms with Crippen LogP contribution in [0, 0.1) is 6.92 Å². The Hall–Kier alpha value is -2.21. The molecule has 2 aromatic carbocycles. The molecule has 0 radical (unpaired) electrons. The van der Waals surface area contributed by atoms with Crippen molar-refractivity contribution in [3.8, 4) is 0 Å². The third kappa shape index (κ3) is 4.66. The van der Waals surface area contributed by atoms with E-state index in [0.717, 1.165) is 0 Å². The van der Waals surface area contributed by atoms with Gasteiger partial charge in [-0.05, 0) is 24.6 Å². The molecule has 3 N–H and O–H groups in total. The SMILES string of the molecule is Cc1ccc(CNC2COC(CNC(=O)c3ccccc3)C2O)cc1. The van der Waals surface area contributed by atoms with Gasteiger partial charge in [-0.3, -0.25) is 4.79 Å². The van der Waals surface area contributed by atoms with Crippen molar-refractivity contribution < 1.29 is 14.6 Å². The predicted molar refractivity (Wildman–Crippen MR) is 96.3 cm³/mol. The first-order valence-electron chi connectivity index (χ1n) is 8.55. The van der Waals surface area contributed by atoms with E-state index in [0.29, 0.717) is 18.7 Å². The molecular formula is C20H24N2O3. The monoisotopic (exact) mass is 340 g/mol. The standard InChI is InChI=1S/C20H24N2O3/c1-14-7-9-15(10-8-14)11-21-17-13-25-18(19(17)23)12-22-20(24)16-5-3-2-4-6-16/h2-10,17-19,21,23H,11-13H2,1H3,(H,22,24). The van der Waals surface area contributed by atoms with E-state index < -0.39 is 12.2 Å². The van der Waals surface area contributed by atoms with Gasteiger partial charge in [0.05, 0.1) is 18.8 Å². The number of aryl methyl sites for hydroxylation is 1. The molecule has 0 aliphatic carbocycles. The Bertz CT molecular complexity index is 688. The molecule has 0 aromatic heterocycles. The van der Waals surface area contributed by atoms with Crippen molar-refractivity contribution in [1.82, 2.24) is 10.6 Å². The molecule has 3 rings (SSSR count). The van der Waals surface area contributed by atoms with E-state index in [1.165, 1.54) is 11.1 Å². The third-order valence-corrected chi connectivity index (χ3v) is 4.47. The number of aliphatic hydroxyl groups is 1. The number of rotatable bonds is 6. The molecule has 132 valence electrons. The average molecular weight is 340 g/mol. The fourth-order valence-corrected chi connectivity index (χ4v) is 2.88. The summed E-state index contributed by atoms with van der Waals surface area (Å²) in [5.41, 5.74) is 2.99. The Labute approximate surface area is 148 Å². The van der Waals surface area contributed by atoms with E-state index in [-0.39, 0.29) is 18.5 Å². The molecule has 1 saturated heterocycles. The largest absolute Gasteiger partial charge is 0.389 e. The molecule has 1 amide bonds. The van der Waals surface area contributed by atoms with Gasteiger partial charge in [0.15, 0.2) is 0 Å². The smallest absolute Gasteiger partial charge is 0.251 e. The molecule has 25 heavy (non-hydrogen) atoms. The van der Waals surface area contributed by atoms with Crippen molar-refractivity contribution in [2.24, 2.45) is 0 Å². The quantitative estimate of drug-likeness (QED) is 0.748. The Balaban J connectivity index is 1.46. The fourth-order valence-electron chi connectivity index (χ4n) is 2.88. The number of amides is 1. The number of carbonyl (C=O) groups excluding carboxylic acids is 1. The zero-order valence-electron chi connectivity index (χ0n) is 14.3. The highest BCUT2D eigenvalue weighted by molar-refractivity contribution is 5.94. The number of aliphatic hydroxyl groups excluding tert-OH is 1. The minimum atomic E-state index is -0.651. The van der Waals surface area contributed by atoms with Crippen molar-refractivity contribution in [2.75, 3.05) is 13.2 Å². The molecular weight excluding hydrogens is 316 g/mol. The van der Waals surface area contributed by atoms with Crippen LogP contribution >= 0.6 is 0 Å². The Morgan fingerprint density at radius 3 is 2.60 bits per heavy atom. The van der Waals surface area contributed by atoms with Crippen LogP contribution in [0.5, 0.6) is 0 Å². The van der Waals surface area contributed by atoms with Crippen molar-refractivity contribution in [1.29, 1.82) is 0 Å². The van der Waals surface area contributed by atoms with Gasteiger partial charge in [0, 0.05) is 18.7 Å². The van der Waals surface area contributed by atoms with Crippen LogP contribution in [-0.4, -0.2) is 42.4 Å². The third-order valence-electron chi connectivity index (χ3n) is 4.47. The summed E-state index contributed by atoms with van der Waals surface area (Å²) in [6.07, 6.45) is -1.05. The Morgan fingerprint density at radius 2 is 1.88 bits per heavy atom. The van der Waals surface area contributed by atoms with Gasteiger partial charge in [0.1, 0.15) is 6.10 Å². The Kier molecular flexibility index (Phi) is 5.81. The molecule has 0 bridgehead atoms. The molecule has 1 fully saturated rings. The number of ether oxygens (including phenoxy) is 1. The van der Waals surface area contributed by atoms with Crippen LogP contribution in [-0.2, 0) is 11.3 Å². The van der Waals surface area contributed by atoms with Gasteiger partial charge >= 0.3 is 0 Å². The molecule has 5 heteroatoms. The van der Waals surface area contributed by atoms with E-state index in [1.54, 1.807) is 12.1 Å². The van der Waals surface area contributed by atoms with E-state index >= 15 is 0 Å². The van der Waals surface area contributed by atoms with Gasteiger partial charge in [-0.15, -0.1) is 0 Å². The van der Waals surface area contributed by atoms with Gasteiger partial charge in [-0.1, -0.05) is 48.0 Å². The minimum Gasteiger partial charge on any atom is -0.389 e. The molecule has 1 aliphatic heterocycles. The van der Waals surface area contributed by atoms with Gasteiger partial charge in [0.25, 0.3) is 5.91 Å². The van der Waals surface area contributed by atoms with Crippen LogP contribution < -0.4 is 10.6 Å². The zero-order chi connectivity index (χ0) is 17.6. The van der Waals surface area contributed by atoms with E-state index in [1.807, 2.05) is 18.2 Å². The molecule has 0 saturated carbocycles.